The molecule has 0 saturated carbocycles. The number of benzene rings is 1. The molecular weight excluding hydrogens is 333 g/mol. The van der Waals surface area contributed by atoms with Gasteiger partial charge in [-0.25, -0.2) is 9.97 Å². The van der Waals surface area contributed by atoms with E-state index in [1.165, 1.54) is 30.2 Å². The second-order valence-electron chi connectivity index (χ2n) is 4.29. The maximum Gasteiger partial charge on any atom is 0.573 e. The summed E-state index contributed by atoms with van der Waals surface area (Å²) < 4.78 is 41.1. The van der Waals surface area contributed by atoms with Crippen molar-refractivity contribution in [1.82, 2.24) is 9.97 Å². The van der Waals surface area contributed by atoms with Gasteiger partial charge in [-0.05, 0) is 29.1 Å². The van der Waals surface area contributed by atoms with Crippen LogP contribution in [0.2, 0.25) is 0 Å². The Morgan fingerprint density at radius 1 is 1.09 bits per heavy atom. The minimum atomic E-state index is -4.66. The highest BCUT2D eigenvalue weighted by Gasteiger charge is 2.30. The zero-order valence-electron chi connectivity index (χ0n) is 11.0. The topological polar surface area (TPSA) is 35.0 Å². The van der Waals surface area contributed by atoms with Crippen LogP contribution in [0.3, 0.4) is 0 Å². The van der Waals surface area contributed by atoms with E-state index in [1.807, 2.05) is 11.4 Å². The summed E-state index contributed by atoms with van der Waals surface area (Å²) in [6.07, 6.45) is -3.15. The van der Waals surface area contributed by atoms with E-state index < -0.39 is 6.36 Å². The first-order chi connectivity index (χ1) is 10.5. The lowest BCUT2D eigenvalue weighted by Crippen LogP contribution is -2.16. The smallest absolute Gasteiger partial charge is 0.406 e. The van der Waals surface area contributed by atoms with Crippen LogP contribution in [0.1, 0.15) is 5.56 Å². The van der Waals surface area contributed by atoms with Gasteiger partial charge in [0.05, 0.1) is 10.2 Å². The Bertz CT molecular complexity index is 772. The summed E-state index contributed by atoms with van der Waals surface area (Å²) in [6, 6.07) is 7.77. The van der Waals surface area contributed by atoms with E-state index in [-0.39, 0.29) is 5.75 Å². The van der Waals surface area contributed by atoms with E-state index >= 15 is 0 Å². The number of aromatic nitrogens is 2. The Hall–Kier alpha value is -1.80. The molecule has 0 amide bonds. The van der Waals surface area contributed by atoms with Crippen LogP contribution >= 0.6 is 23.1 Å². The molecule has 8 heteroatoms. The molecule has 22 heavy (non-hydrogen) atoms. The van der Waals surface area contributed by atoms with Crippen LogP contribution in [-0.2, 0) is 5.75 Å². The van der Waals surface area contributed by atoms with Crippen molar-refractivity contribution in [2.45, 2.75) is 17.1 Å². The van der Waals surface area contributed by atoms with Crippen molar-refractivity contribution in [1.29, 1.82) is 0 Å². The van der Waals surface area contributed by atoms with Crippen molar-refractivity contribution < 1.29 is 17.9 Å². The standard InChI is InChI=1S/C14H9F3N2OS2/c15-14(16,17)20-10-3-1-9(2-4-10)7-22-13-12-11(5-6-21-12)18-8-19-13/h1-6,8H,7H2. The first-order valence-corrected chi connectivity index (χ1v) is 8.03. The van der Waals surface area contributed by atoms with E-state index in [0.717, 1.165) is 20.8 Å². The normalized spacial score (nSPS) is 11.8. The number of thioether (sulfide) groups is 1. The Morgan fingerprint density at radius 3 is 2.59 bits per heavy atom. The van der Waals surface area contributed by atoms with Gasteiger partial charge in [0.15, 0.2) is 0 Å². The molecule has 0 bridgehead atoms. The maximum absolute atomic E-state index is 12.1. The van der Waals surface area contributed by atoms with Gasteiger partial charge in [0.1, 0.15) is 17.1 Å². The van der Waals surface area contributed by atoms with Gasteiger partial charge >= 0.3 is 6.36 Å². The number of hydrogen-bond acceptors (Lipinski definition) is 5. The highest BCUT2D eigenvalue weighted by atomic mass is 32.2. The van der Waals surface area contributed by atoms with Gasteiger partial charge in [0.2, 0.25) is 0 Å². The van der Waals surface area contributed by atoms with Gasteiger partial charge in [-0.1, -0.05) is 12.1 Å². The summed E-state index contributed by atoms with van der Waals surface area (Å²) in [5, 5.41) is 2.82. The van der Waals surface area contributed by atoms with Crippen LogP contribution in [0.5, 0.6) is 5.75 Å². The minimum absolute atomic E-state index is 0.219. The van der Waals surface area contributed by atoms with E-state index in [9.17, 15) is 13.2 Å². The molecule has 0 spiro atoms. The molecule has 0 aliphatic rings. The Kier molecular flexibility index (Phi) is 4.21. The van der Waals surface area contributed by atoms with Gasteiger partial charge in [-0.15, -0.1) is 36.3 Å². The molecule has 0 fully saturated rings. The van der Waals surface area contributed by atoms with Crippen LogP contribution in [0, 0.1) is 0 Å². The van der Waals surface area contributed by atoms with Crippen LogP contribution < -0.4 is 4.74 Å². The summed E-state index contributed by atoms with van der Waals surface area (Å²) >= 11 is 3.09. The average molecular weight is 342 g/mol. The zero-order chi connectivity index (χ0) is 15.6. The number of halogens is 3. The van der Waals surface area contributed by atoms with Crippen molar-refractivity contribution in [3.63, 3.8) is 0 Å². The molecule has 0 unspecified atom stereocenters. The molecular formula is C14H9F3N2OS2. The van der Waals surface area contributed by atoms with Crippen LogP contribution in [0.15, 0.2) is 47.1 Å². The number of ether oxygens (including phenoxy) is 1. The maximum atomic E-state index is 12.1. The van der Waals surface area contributed by atoms with Crippen LogP contribution in [0.25, 0.3) is 10.2 Å². The van der Waals surface area contributed by atoms with Gasteiger partial charge in [0.25, 0.3) is 0 Å². The molecule has 0 atom stereocenters. The molecule has 0 aliphatic heterocycles. The van der Waals surface area contributed by atoms with E-state index in [2.05, 4.69) is 14.7 Å². The molecule has 0 radical (unpaired) electrons. The quantitative estimate of drug-likeness (QED) is 0.500. The first-order valence-electron chi connectivity index (χ1n) is 6.17. The summed E-state index contributed by atoms with van der Waals surface area (Å²) in [4.78, 5) is 8.41. The van der Waals surface area contributed by atoms with Gasteiger partial charge in [-0.2, -0.15) is 0 Å². The third-order valence-electron chi connectivity index (χ3n) is 2.74. The predicted molar refractivity (Wildman–Crippen MR) is 80.1 cm³/mol. The van der Waals surface area contributed by atoms with Crippen LogP contribution in [-0.4, -0.2) is 16.3 Å². The molecule has 3 nitrogen and oxygen atoms in total. The van der Waals surface area contributed by atoms with Crippen molar-refractivity contribution in [3.05, 3.63) is 47.6 Å². The number of alkyl halides is 3. The molecule has 114 valence electrons. The third kappa shape index (κ3) is 3.69. The van der Waals surface area contributed by atoms with Gasteiger partial charge in [0, 0.05) is 5.75 Å². The monoisotopic (exact) mass is 342 g/mol. The molecule has 3 aromatic rings. The van der Waals surface area contributed by atoms with Crippen molar-refractivity contribution >= 4 is 33.3 Å². The first kappa shape index (κ1) is 15.1. The number of rotatable bonds is 4. The molecule has 2 heterocycles. The highest BCUT2D eigenvalue weighted by Crippen LogP contribution is 2.31. The van der Waals surface area contributed by atoms with Crippen LogP contribution in [0.4, 0.5) is 13.2 Å². The molecule has 0 N–H and O–H groups in total. The van der Waals surface area contributed by atoms with Gasteiger partial charge < -0.3 is 4.74 Å². The molecule has 1 aromatic carbocycles. The number of thiophene rings is 1. The Balaban J connectivity index is 1.68. The van der Waals surface area contributed by atoms with E-state index in [4.69, 9.17) is 0 Å². The van der Waals surface area contributed by atoms with E-state index in [0.29, 0.717) is 5.75 Å². The average Bonchev–Trinajstić information content (AvgIpc) is 2.94. The summed E-state index contributed by atoms with van der Waals surface area (Å²) in [7, 11) is 0. The fourth-order valence-corrected chi connectivity index (χ4v) is 3.71. The Labute approximate surface area is 132 Å². The third-order valence-corrected chi connectivity index (χ3v) is 4.84. The second-order valence-corrected chi connectivity index (χ2v) is 6.17. The number of hydrogen-bond donors (Lipinski definition) is 0. The minimum Gasteiger partial charge on any atom is -0.406 e. The molecule has 0 aliphatic carbocycles. The lowest BCUT2D eigenvalue weighted by Gasteiger charge is -2.09. The number of fused-ring (bicyclic) bond motifs is 1. The molecule has 3 rings (SSSR count). The SMILES string of the molecule is FC(F)(F)Oc1ccc(CSc2ncnc3ccsc23)cc1. The van der Waals surface area contributed by atoms with Crippen molar-refractivity contribution in [2.75, 3.05) is 0 Å². The van der Waals surface area contributed by atoms with Crippen molar-refractivity contribution in [2.24, 2.45) is 0 Å². The zero-order valence-corrected chi connectivity index (χ0v) is 12.6. The van der Waals surface area contributed by atoms with Crippen molar-refractivity contribution in [3.8, 4) is 5.75 Å². The highest BCUT2D eigenvalue weighted by molar-refractivity contribution is 7.98. The lowest BCUT2D eigenvalue weighted by atomic mass is 10.2. The fourth-order valence-electron chi connectivity index (χ4n) is 1.81. The lowest BCUT2D eigenvalue weighted by molar-refractivity contribution is -0.274. The molecule has 2 aromatic heterocycles. The largest absolute Gasteiger partial charge is 0.573 e. The Morgan fingerprint density at radius 2 is 1.86 bits per heavy atom. The fraction of sp³-hybridized carbons (Fsp3) is 0.143. The summed E-state index contributed by atoms with van der Waals surface area (Å²) in [5.41, 5.74) is 1.79. The second kappa shape index (κ2) is 6.13. The molecule has 0 saturated heterocycles. The summed E-state index contributed by atoms with van der Waals surface area (Å²) in [6.45, 7) is 0. The van der Waals surface area contributed by atoms with Gasteiger partial charge in [-0.3, -0.25) is 0 Å². The predicted octanol–water partition coefficient (Wildman–Crippen LogP) is 4.88. The number of nitrogens with zero attached hydrogens (tertiary/aromatic N) is 2. The summed E-state index contributed by atoms with van der Waals surface area (Å²) in [5.74, 6) is 0.389. The van der Waals surface area contributed by atoms with E-state index in [1.54, 1.807) is 23.5 Å².